The Morgan fingerprint density at radius 1 is 0.355 bits per heavy atom. The van der Waals surface area contributed by atoms with Crippen LogP contribution < -0.4 is 15.9 Å². The number of aldehydes is 4. The van der Waals surface area contributed by atoms with Crippen molar-refractivity contribution in [2.45, 2.75) is 131 Å². The minimum atomic E-state index is -2.29. The van der Waals surface area contributed by atoms with E-state index >= 15 is 0 Å². The Morgan fingerprint density at radius 2 is 0.598 bits per heavy atom. The first-order valence-electron chi connectivity index (χ1n) is 34.1. The fourth-order valence-corrected chi connectivity index (χ4v) is 11.5. The Hall–Kier alpha value is -9.89. The first kappa shape index (κ1) is 108. The van der Waals surface area contributed by atoms with Gasteiger partial charge in [-0.2, -0.15) is 0 Å². The van der Waals surface area contributed by atoms with Crippen LogP contribution in [0.3, 0.4) is 0 Å². The lowest BCUT2D eigenvalue weighted by Gasteiger charge is -2.31. The summed E-state index contributed by atoms with van der Waals surface area (Å²) in [5.41, 5.74) is 5.19. The van der Waals surface area contributed by atoms with E-state index in [9.17, 15) is 43.2 Å². The highest BCUT2D eigenvalue weighted by Crippen LogP contribution is 2.46. The molecule has 0 saturated heterocycles. The van der Waals surface area contributed by atoms with Crippen LogP contribution in [0.2, 0.25) is 0 Å². The SMILES string of the molecule is C.CC.CCOC(=O)/C(C)=C/C=C/C(OC)OC.CCOC(=O)/C(C)=C/C=C/C=C(\C)C(=O)OCC.CCOC(=O)/C(C)=C/C=C/C=O.CCOC(=O)C(C)=P(c1ccccc1)(c1ccccc1)c1ccccc1.COC(/C=C/C=O)OC.C\C(=C/C=C/C=C(\C)CO)CO.C\C(C=O)=C/C=C/C=C(\C)C=O. The number of methoxy groups -OCH3 is 4. The van der Waals surface area contributed by atoms with Gasteiger partial charge in [0.05, 0.1) is 46.2 Å². The van der Waals surface area contributed by atoms with Crippen LogP contribution in [0, 0.1) is 0 Å². The van der Waals surface area contributed by atoms with Crippen molar-refractivity contribution in [2.24, 2.45) is 0 Å². The van der Waals surface area contributed by atoms with Gasteiger partial charge < -0.3 is 52.8 Å². The minimum Gasteiger partial charge on any atom is -0.463 e. The van der Waals surface area contributed by atoms with Crippen molar-refractivity contribution >= 4 is 83.1 Å². The second-order valence-electron chi connectivity index (χ2n) is 20.9. The van der Waals surface area contributed by atoms with Crippen molar-refractivity contribution in [1.82, 2.24) is 0 Å². The Bertz CT molecular complexity index is 3290. The van der Waals surface area contributed by atoms with E-state index in [2.05, 4.69) is 36.4 Å². The molecule has 0 amide bonds. The Balaban J connectivity index is -0.000000285. The summed E-state index contributed by atoms with van der Waals surface area (Å²) in [5, 5.41) is 21.5. The van der Waals surface area contributed by atoms with E-state index in [0.717, 1.165) is 44.9 Å². The Morgan fingerprint density at radius 3 is 0.850 bits per heavy atom. The smallest absolute Gasteiger partial charge is 0.334 e. The third kappa shape index (κ3) is 54.4. The molecule has 3 aromatic rings. The predicted octanol–water partition coefficient (Wildman–Crippen LogP) is 14.5. The summed E-state index contributed by atoms with van der Waals surface area (Å²) in [4.78, 5) is 97.3. The Kier molecular flexibility index (Phi) is 75.1. The number of carbonyl (C=O) groups is 9. The summed E-state index contributed by atoms with van der Waals surface area (Å²) in [6.45, 7) is 28.3. The first-order valence-corrected chi connectivity index (χ1v) is 35.9. The van der Waals surface area contributed by atoms with Crippen LogP contribution in [0.5, 0.6) is 0 Å². The van der Waals surface area contributed by atoms with Crippen LogP contribution in [0.25, 0.3) is 0 Å². The molecule has 0 atom stereocenters. The standard InChI is InChI=1S/C23H23O2P.C14H20O4.C11H18O4.C10H16O2.C10H12O2.C9H12O3.C6H10O3.C2H6.CH4/c1-3-25-23(24)19(2)26(20-13-7-4-8-14-20,21-15-9-5-10-16-21)22-17-11-6-12-18-22;1-5-17-13(15)11(3)9-7-8-10-12(4)14(16)18-6-2;1-5-15-11(12)9(2)7-6-8-10(13-3)14-4;2*1-9(7-11)5-3-4-6-10(2)8-12;1-3-12-9(11)8(2)6-4-5-7-10;1-8-6(9-2)4-3-5-7;1-2;/h4-18H,3H2,1-2H3;7-10H,5-6H2,1-4H3;6-8,10H,5H2,1-4H3;3-6,11-12H,7-8H2,1-2H3;3-8H,1-2H3;4-7H,3H2,1-2H3;3-6H,1-2H3;1-2H3;1H4/b;8-7+,11-9+,12-10+;8-6+,9-7+;2*4-3+,9-5+,10-6+;5-4+,8-6+;4-3+;;. The molecular weight excluding hydrogens is 1380 g/mol. The van der Waals surface area contributed by atoms with Crippen molar-refractivity contribution in [1.29, 1.82) is 0 Å². The molecule has 0 aromatic heterocycles. The lowest BCUT2D eigenvalue weighted by molar-refractivity contribution is -0.139. The average molecular weight is 1510 g/mol. The van der Waals surface area contributed by atoms with Crippen LogP contribution in [0.15, 0.2) is 257 Å². The molecule has 0 aliphatic rings. The van der Waals surface area contributed by atoms with Crippen molar-refractivity contribution in [2.75, 3.05) is 74.7 Å². The number of rotatable bonds is 33. The van der Waals surface area contributed by atoms with E-state index in [1.54, 1.807) is 150 Å². The molecule has 0 aliphatic carbocycles. The second-order valence-corrected chi connectivity index (χ2v) is 24.5. The van der Waals surface area contributed by atoms with E-state index in [1.165, 1.54) is 44.6 Å². The summed E-state index contributed by atoms with van der Waals surface area (Å²) in [7, 11) is 6.09. The van der Waals surface area contributed by atoms with Crippen molar-refractivity contribution in [3.8, 4) is 0 Å². The average Bonchev–Trinajstić information content (AvgIpc) is 0.741. The van der Waals surface area contributed by atoms with Gasteiger partial charge in [-0.3, -0.25) is 19.2 Å². The van der Waals surface area contributed by atoms with E-state index < -0.39 is 19.5 Å². The van der Waals surface area contributed by atoms with Crippen LogP contribution in [-0.2, 0) is 85.8 Å². The minimum absolute atomic E-state index is 0. The predicted molar refractivity (Wildman–Crippen MR) is 436 cm³/mol. The third-order valence-electron chi connectivity index (χ3n) is 12.7. The summed E-state index contributed by atoms with van der Waals surface area (Å²) in [6, 6.07) is 31.0. The number of carbonyl (C=O) groups excluding carboxylic acids is 9. The van der Waals surface area contributed by atoms with E-state index in [4.69, 9.17) is 52.8 Å². The summed E-state index contributed by atoms with van der Waals surface area (Å²) >= 11 is 0. The van der Waals surface area contributed by atoms with E-state index in [-0.39, 0.29) is 50.5 Å². The van der Waals surface area contributed by atoms with Gasteiger partial charge >= 0.3 is 29.8 Å². The molecule has 3 rings (SSSR count). The Labute approximate surface area is 638 Å². The zero-order valence-electron chi connectivity index (χ0n) is 65.8. The fourth-order valence-electron chi connectivity index (χ4n) is 7.22. The van der Waals surface area contributed by atoms with Gasteiger partial charge in [-0.1, -0.05) is 209 Å². The van der Waals surface area contributed by atoms with Gasteiger partial charge in [0.1, 0.15) is 25.1 Å². The number of hydrogen-bond acceptors (Lipinski definition) is 20. The number of ether oxygens (including phenoxy) is 9. The molecule has 0 saturated carbocycles. The van der Waals surface area contributed by atoms with Crippen molar-refractivity contribution < 1.29 is 96.0 Å². The lowest BCUT2D eigenvalue weighted by Crippen LogP contribution is -2.33. The molecule has 0 aliphatic heterocycles. The molecule has 0 fully saturated rings. The van der Waals surface area contributed by atoms with Gasteiger partial charge in [-0.05, 0) is 166 Å². The fraction of sp³-hybridized carbons (Fsp3) is 0.349. The van der Waals surface area contributed by atoms with Gasteiger partial charge in [0.15, 0.2) is 12.6 Å². The van der Waals surface area contributed by atoms with Gasteiger partial charge in [-0.15, -0.1) is 0 Å². The molecule has 21 heteroatoms. The van der Waals surface area contributed by atoms with Gasteiger partial charge in [-0.25, -0.2) is 24.0 Å². The van der Waals surface area contributed by atoms with Crippen LogP contribution in [0.4, 0.5) is 0 Å². The van der Waals surface area contributed by atoms with Crippen LogP contribution in [0.1, 0.15) is 118 Å². The van der Waals surface area contributed by atoms with Gasteiger partial charge in [0.25, 0.3) is 0 Å². The van der Waals surface area contributed by atoms with Crippen molar-refractivity contribution in [3.63, 3.8) is 0 Å². The first-order chi connectivity index (χ1) is 50.9. The normalized spacial score (nSPS) is 12.0. The molecular formula is C86H121O20P. The second kappa shape index (κ2) is 74.4. The van der Waals surface area contributed by atoms with Gasteiger partial charge in [0, 0.05) is 56.0 Å². The molecule has 2 N–H and O–H groups in total. The molecule has 3 aromatic carbocycles. The maximum absolute atomic E-state index is 12.9. The van der Waals surface area contributed by atoms with Crippen LogP contribution in [-0.4, -0.2) is 158 Å². The van der Waals surface area contributed by atoms with Crippen LogP contribution >= 0.6 is 6.89 Å². The van der Waals surface area contributed by atoms with E-state index in [1.807, 2.05) is 120 Å². The number of esters is 5. The largest absolute Gasteiger partial charge is 0.463 e. The highest BCUT2D eigenvalue weighted by atomic mass is 31.2. The highest BCUT2D eigenvalue weighted by Gasteiger charge is 2.31. The molecule has 0 heterocycles. The van der Waals surface area contributed by atoms with Crippen molar-refractivity contribution in [3.05, 3.63) is 257 Å². The zero-order valence-corrected chi connectivity index (χ0v) is 66.7. The molecule has 20 nitrogen and oxygen atoms in total. The number of benzene rings is 3. The summed E-state index contributed by atoms with van der Waals surface area (Å²) in [6.07, 6.45) is 35.1. The maximum Gasteiger partial charge on any atom is 0.334 e. The molecule has 0 spiro atoms. The molecule has 0 unspecified atom stereocenters. The summed E-state index contributed by atoms with van der Waals surface area (Å²) in [5.74, 6) is -1.57. The number of hydrogen-bond donors (Lipinski definition) is 2. The molecule has 590 valence electrons. The monoisotopic (exact) mass is 1500 g/mol. The quantitative estimate of drug-likeness (QED) is 0.0109. The lowest BCUT2D eigenvalue weighted by atomic mass is 10.2. The number of allylic oxidation sites excluding steroid dienone is 20. The molecule has 107 heavy (non-hydrogen) atoms. The highest BCUT2D eigenvalue weighted by molar-refractivity contribution is 7.96. The zero-order chi connectivity index (χ0) is 81.4. The van der Waals surface area contributed by atoms with Gasteiger partial charge in [0.2, 0.25) is 0 Å². The maximum atomic E-state index is 12.9. The third-order valence-corrected chi connectivity index (χ3v) is 17.1. The summed E-state index contributed by atoms with van der Waals surface area (Å²) < 4.78 is 43.9. The molecule has 0 bridgehead atoms. The molecule has 0 radical (unpaired) electrons. The number of aliphatic hydroxyl groups is 2. The topological polar surface area (TPSA) is 277 Å². The number of aliphatic hydroxyl groups excluding tert-OH is 2. The van der Waals surface area contributed by atoms with E-state index in [0.29, 0.717) is 79.0 Å².